The summed E-state index contributed by atoms with van der Waals surface area (Å²) in [5.74, 6) is 0.0747. The van der Waals surface area contributed by atoms with E-state index in [1.165, 1.54) is 29.7 Å². The van der Waals surface area contributed by atoms with Gasteiger partial charge in [-0.3, -0.25) is 4.79 Å². The average molecular weight is 391 g/mol. The zero-order chi connectivity index (χ0) is 20.2. The number of carbonyl (C=O) groups is 1. The highest BCUT2D eigenvalue weighted by Gasteiger charge is 2.23. The minimum absolute atomic E-state index is 0.113. The highest BCUT2D eigenvalue weighted by Crippen LogP contribution is 2.19. The van der Waals surface area contributed by atoms with Crippen molar-refractivity contribution in [3.05, 3.63) is 78.0 Å². The molecular weight excluding hydrogens is 369 g/mol. The van der Waals surface area contributed by atoms with Crippen LogP contribution in [0.4, 0.5) is 21.6 Å². The Balaban J connectivity index is 1.40. The summed E-state index contributed by atoms with van der Waals surface area (Å²) in [4.78, 5) is 25.3. The maximum absolute atomic E-state index is 13.0. The standard InChI is InChI=1S/C22H22FN5O/c1-16-3-2-4-19(13-16)27-9-11-28(12-10-27)22(29)20-14-21(25-15-24-20)26-18-7-5-17(23)6-8-18/h2-8,13-15H,9-12H2,1H3,(H,24,25,26). The monoisotopic (exact) mass is 391 g/mol. The topological polar surface area (TPSA) is 61.4 Å². The average Bonchev–Trinajstić information content (AvgIpc) is 2.75. The molecule has 2 aromatic carbocycles. The summed E-state index contributed by atoms with van der Waals surface area (Å²) in [6.45, 7) is 4.91. The van der Waals surface area contributed by atoms with Gasteiger partial charge in [-0.05, 0) is 48.9 Å². The highest BCUT2D eigenvalue weighted by molar-refractivity contribution is 5.93. The van der Waals surface area contributed by atoms with Crippen LogP contribution >= 0.6 is 0 Å². The molecule has 4 rings (SSSR count). The summed E-state index contributed by atoms with van der Waals surface area (Å²) in [7, 11) is 0. The molecule has 0 aliphatic carbocycles. The van der Waals surface area contributed by atoms with E-state index in [1.807, 2.05) is 4.90 Å². The lowest BCUT2D eigenvalue weighted by Gasteiger charge is -2.36. The summed E-state index contributed by atoms with van der Waals surface area (Å²) >= 11 is 0. The molecule has 0 saturated carbocycles. The van der Waals surface area contributed by atoms with Crippen molar-refractivity contribution in [3.63, 3.8) is 0 Å². The van der Waals surface area contributed by atoms with E-state index in [0.29, 0.717) is 30.3 Å². The lowest BCUT2D eigenvalue weighted by molar-refractivity contribution is 0.0740. The van der Waals surface area contributed by atoms with E-state index in [1.54, 1.807) is 18.2 Å². The number of aryl methyl sites for hydroxylation is 1. The summed E-state index contributed by atoms with van der Waals surface area (Å²) < 4.78 is 13.0. The molecule has 0 spiro atoms. The van der Waals surface area contributed by atoms with E-state index in [4.69, 9.17) is 0 Å². The first-order valence-corrected chi connectivity index (χ1v) is 9.54. The van der Waals surface area contributed by atoms with Crippen LogP contribution in [0.1, 0.15) is 16.1 Å². The molecule has 7 heteroatoms. The van der Waals surface area contributed by atoms with Gasteiger partial charge >= 0.3 is 0 Å². The molecule has 1 aliphatic rings. The number of rotatable bonds is 4. The number of hydrogen-bond acceptors (Lipinski definition) is 5. The molecule has 1 aliphatic heterocycles. The summed E-state index contributed by atoms with van der Waals surface area (Å²) in [5, 5.41) is 3.07. The van der Waals surface area contributed by atoms with Gasteiger partial charge in [0.25, 0.3) is 5.91 Å². The molecule has 29 heavy (non-hydrogen) atoms. The van der Waals surface area contributed by atoms with E-state index < -0.39 is 0 Å². The van der Waals surface area contributed by atoms with Crippen LogP contribution < -0.4 is 10.2 Å². The molecular formula is C22H22FN5O. The molecule has 2 heterocycles. The zero-order valence-corrected chi connectivity index (χ0v) is 16.2. The van der Waals surface area contributed by atoms with Gasteiger partial charge in [0, 0.05) is 43.6 Å². The van der Waals surface area contributed by atoms with Gasteiger partial charge in [0.2, 0.25) is 0 Å². The number of aromatic nitrogens is 2. The fourth-order valence-electron chi connectivity index (χ4n) is 3.38. The number of nitrogens with zero attached hydrogens (tertiary/aromatic N) is 4. The number of halogens is 1. The van der Waals surface area contributed by atoms with Crippen LogP contribution in [0.2, 0.25) is 0 Å². The predicted molar refractivity (Wildman–Crippen MR) is 111 cm³/mol. The van der Waals surface area contributed by atoms with Crippen LogP contribution in [-0.4, -0.2) is 47.0 Å². The van der Waals surface area contributed by atoms with Gasteiger partial charge in [0.05, 0.1) is 0 Å². The molecule has 0 atom stereocenters. The predicted octanol–water partition coefficient (Wildman–Crippen LogP) is 3.63. The minimum atomic E-state index is -0.307. The Kier molecular flexibility index (Phi) is 5.37. The molecule has 0 radical (unpaired) electrons. The van der Waals surface area contributed by atoms with E-state index >= 15 is 0 Å². The highest BCUT2D eigenvalue weighted by atomic mass is 19.1. The SMILES string of the molecule is Cc1cccc(N2CCN(C(=O)c3cc(Nc4ccc(F)cc4)ncn3)CC2)c1. The number of benzene rings is 2. The molecule has 1 aromatic heterocycles. The molecule has 148 valence electrons. The number of anilines is 3. The molecule has 1 fully saturated rings. The number of carbonyl (C=O) groups excluding carboxylic acids is 1. The third kappa shape index (κ3) is 4.51. The molecule has 1 saturated heterocycles. The third-order valence-corrected chi connectivity index (χ3v) is 4.94. The molecule has 3 aromatic rings. The van der Waals surface area contributed by atoms with Gasteiger partial charge in [0.1, 0.15) is 23.7 Å². The quantitative estimate of drug-likeness (QED) is 0.736. The van der Waals surface area contributed by atoms with Crippen molar-refractivity contribution in [2.24, 2.45) is 0 Å². The van der Waals surface area contributed by atoms with Crippen molar-refractivity contribution < 1.29 is 9.18 Å². The van der Waals surface area contributed by atoms with Crippen molar-refractivity contribution in [2.45, 2.75) is 6.92 Å². The van der Waals surface area contributed by atoms with Crippen molar-refractivity contribution in [3.8, 4) is 0 Å². The van der Waals surface area contributed by atoms with Crippen LogP contribution in [0.5, 0.6) is 0 Å². The molecule has 6 nitrogen and oxygen atoms in total. The normalized spacial score (nSPS) is 14.0. The Morgan fingerprint density at radius 1 is 1.00 bits per heavy atom. The van der Waals surface area contributed by atoms with Crippen molar-refractivity contribution in [2.75, 3.05) is 36.4 Å². The lowest BCUT2D eigenvalue weighted by Crippen LogP contribution is -2.49. The van der Waals surface area contributed by atoms with Crippen molar-refractivity contribution in [1.29, 1.82) is 0 Å². The van der Waals surface area contributed by atoms with Gasteiger partial charge in [-0.1, -0.05) is 12.1 Å². The third-order valence-electron chi connectivity index (χ3n) is 4.94. The van der Waals surface area contributed by atoms with Gasteiger partial charge in [-0.2, -0.15) is 0 Å². The van der Waals surface area contributed by atoms with Gasteiger partial charge in [0.15, 0.2) is 0 Å². The summed E-state index contributed by atoms with van der Waals surface area (Å²) in [6, 6.07) is 16.0. The van der Waals surface area contributed by atoms with Crippen LogP contribution in [-0.2, 0) is 0 Å². The fraction of sp³-hybridized carbons (Fsp3) is 0.227. The molecule has 0 unspecified atom stereocenters. The first kappa shape index (κ1) is 18.9. The number of hydrogen-bond donors (Lipinski definition) is 1. The van der Waals surface area contributed by atoms with Crippen molar-refractivity contribution in [1.82, 2.24) is 14.9 Å². The zero-order valence-electron chi connectivity index (χ0n) is 16.2. The Morgan fingerprint density at radius 2 is 1.76 bits per heavy atom. The van der Waals surface area contributed by atoms with Crippen molar-refractivity contribution >= 4 is 23.1 Å². The second-order valence-corrected chi connectivity index (χ2v) is 7.04. The van der Waals surface area contributed by atoms with Crippen LogP contribution in [0.3, 0.4) is 0 Å². The maximum Gasteiger partial charge on any atom is 0.272 e. The Hall–Kier alpha value is -3.48. The van der Waals surface area contributed by atoms with E-state index in [2.05, 4.69) is 51.4 Å². The number of amides is 1. The number of piperazine rings is 1. The second kappa shape index (κ2) is 8.26. The van der Waals surface area contributed by atoms with Crippen LogP contribution in [0.15, 0.2) is 60.9 Å². The fourth-order valence-corrected chi connectivity index (χ4v) is 3.38. The first-order chi connectivity index (χ1) is 14.1. The van der Waals surface area contributed by atoms with E-state index in [-0.39, 0.29) is 11.7 Å². The maximum atomic E-state index is 13.0. The summed E-state index contributed by atoms with van der Waals surface area (Å²) in [5.41, 5.74) is 3.44. The van der Waals surface area contributed by atoms with Crippen LogP contribution in [0.25, 0.3) is 0 Å². The minimum Gasteiger partial charge on any atom is -0.368 e. The van der Waals surface area contributed by atoms with Gasteiger partial charge in [-0.15, -0.1) is 0 Å². The second-order valence-electron chi connectivity index (χ2n) is 7.04. The molecule has 1 amide bonds. The molecule has 1 N–H and O–H groups in total. The number of nitrogens with one attached hydrogen (secondary N) is 1. The lowest BCUT2D eigenvalue weighted by atomic mass is 10.2. The van der Waals surface area contributed by atoms with E-state index in [9.17, 15) is 9.18 Å². The van der Waals surface area contributed by atoms with Crippen LogP contribution in [0, 0.1) is 12.7 Å². The first-order valence-electron chi connectivity index (χ1n) is 9.54. The Labute approximate surface area is 169 Å². The van der Waals surface area contributed by atoms with E-state index in [0.717, 1.165) is 13.1 Å². The summed E-state index contributed by atoms with van der Waals surface area (Å²) in [6.07, 6.45) is 1.36. The molecule has 0 bridgehead atoms. The van der Waals surface area contributed by atoms with Gasteiger partial charge < -0.3 is 15.1 Å². The Bertz CT molecular complexity index is 1000. The largest absolute Gasteiger partial charge is 0.368 e. The van der Waals surface area contributed by atoms with Gasteiger partial charge in [-0.25, -0.2) is 14.4 Å². The Morgan fingerprint density at radius 3 is 2.48 bits per heavy atom. The smallest absolute Gasteiger partial charge is 0.272 e.